The highest BCUT2D eigenvalue weighted by Crippen LogP contribution is 2.23. The molecule has 2 rings (SSSR count). The minimum Gasteiger partial charge on any atom is -0.378 e. The first kappa shape index (κ1) is 15.9. The number of hydrogen-bond acceptors (Lipinski definition) is 5. The van der Waals surface area contributed by atoms with Crippen LogP contribution in [0.2, 0.25) is 0 Å². The van der Waals surface area contributed by atoms with E-state index >= 15 is 0 Å². The van der Waals surface area contributed by atoms with E-state index in [9.17, 15) is 0 Å². The van der Waals surface area contributed by atoms with Gasteiger partial charge in [-0.05, 0) is 38.4 Å². The van der Waals surface area contributed by atoms with Crippen LogP contribution in [0.3, 0.4) is 0 Å². The Kier molecular flexibility index (Phi) is 6.42. The third-order valence-electron chi connectivity index (χ3n) is 3.87. The van der Waals surface area contributed by atoms with Gasteiger partial charge in [0.15, 0.2) is 0 Å². The Morgan fingerprint density at radius 2 is 2.15 bits per heavy atom. The third-order valence-corrected chi connectivity index (χ3v) is 4.96. The molecule has 0 aliphatic carbocycles. The zero-order valence-electron chi connectivity index (χ0n) is 12.9. The van der Waals surface area contributed by atoms with Crippen LogP contribution < -0.4 is 5.32 Å². The van der Waals surface area contributed by atoms with Gasteiger partial charge in [-0.2, -0.15) is 0 Å². The third kappa shape index (κ3) is 4.52. The van der Waals surface area contributed by atoms with Crippen LogP contribution in [0.25, 0.3) is 0 Å². The van der Waals surface area contributed by atoms with Crippen molar-refractivity contribution in [3.63, 3.8) is 0 Å². The van der Waals surface area contributed by atoms with Crippen LogP contribution in [0.5, 0.6) is 0 Å². The monoisotopic (exact) mass is 297 g/mol. The van der Waals surface area contributed by atoms with Gasteiger partial charge >= 0.3 is 0 Å². The summed E-state index contributed by atoms with van der Waals surface area (Å²) in [7, 11) is 1.74. The van der Waals surface area contributed by atoms with Crippen molar-refractivity contribution in [2.75, 3.05) is 26.7 Å². The van der Waals surface area contributed by atoms with Crippen LogP contribution in [0.15, 0.2) is 0 Å². The standard InChI is InChI=1S/C15H27N3OS/c1-4-16-9-14-13(11-19-3)17-15(20-14)10-18-7-5-12(2)6-8-18/h12,16H,4-11H2,1-3H3. The van der Waals surface area contributed by atoms with Crippen LogP contribution in [-0.4, -0.2) is 36.6 Å². The fraction of sp³-hybridized carbons (Fsp3) is 0.800. The van der Waals surface area contributed by atoms with Crippen molar-refractivity contribution in [2.45, 2.75) is 46.4 Å². The number of likely N-dealkylation sites (tertiary alicyclic amines) is 1. The van der Waals surface area contributed by atoms with Crippen LogP contribution in [-0.2, 0) is 24.4 Å². The van der Waals surface area contributed by atoms with E-state index in [2.05, 4.69) is 24.1 Å². The second-order valence-corrected chi connectivity index (χ2v) is 6.82. The molecule has 0 unspecified atom stereocenters. The fourth-order valence-corrected chi connectivity index (χ4v) is 3.63. The Morgan fingerprint density at radius 1 is 1.40 bits per heavy atom. The van der Waals surface area contributed by atoms with Crippen molar-refractivity contribution in [1.82, 2.24) is 15.2 Å². The lowest BCUT2D eigenvalue weighted by molar-refractivity contribution is 0.177. The Balaban J connectivity index is 1.96. The highest BCUT2D eigenvalue weighted by molar-refractivity contribution is 7.11. The molecule has 20 heavy (non-hydrogen) atoms. The zero-order chi connectivity index (χ0) is 14.4. The smallest absolute Gasteiger partial charge is 0.107 e. The van der Waals surface area contributed by atoms with Crippen LogP contribution in [0.4, 0.5) is 0 Å². The molecule has 1 aliphatic rings. The predicted molar refractivity (Wildman–Crippen MR) is 83.9 cm³/mol. The number of ether oxygens (including phenoxy) is 1. The highest BCUT2D eigenvalue weighted by Gasteiger charge is 2.18. The molecule has 0 amide bonds. The van der Waals surface area contributed by atoms with Crippen LogP contribution >= 0.6 is 11.3 Å². The maximum absolute atomic E-state index is 5.27. The zero-order valence-corrected chi connectivity index (χ0v) is 13.8. The molecule has 1 aliphatic heterocycles. The number of rotatable bonds is 7. The topological polar surface area (TPSA) is 37.4 Å². The number of piperidine rings is 1. The molecule has 0 radical (unpaired) electrons. The fourth-order valence-electron chi connectivity index (χ4n) is 2.54. The maximum atomic E-state index is 5.27. The first-order valence-electron chi connectivity index (χ1n) is 7.62. The predicted octanol–water partition coefficient (Wildman–Crippen LogP) is 2.63. The number of methoxy groups -OCH3 is 1. The van der Waals surface area contributed by atoms with Gasteiger partial charge in [-0.3, -0.25) is 4.90 Å². The van der Waals surface area contributed by atoms with Gasteiger partial charge in [0.2, 0.25) is 0 Å². The molecule has 0 spiro atoms. The Labute approximate surface area is 126 Å². The van der Waals surface area contributed by atoms with Gasteiger partial charge in [0, 0.05) is 18.5 Å². The van der Waals surface area contributed by atoms with Gasteiger partial charge in [0.05, 0.1) is 18.8 Å². The van der Waals surface area contributed by atoms with Crippen molar-refractivity contribution >= 4 is 11.3 Å². The lowest BCUT2D eigenvalue weighted by Gasteiger charge is -2.29. The summed E-state index contributed by atoms with van der Waals surface area (Å²) in [5, 5.41) is 4.62. The highest BCUT2D eigenvalue weighted by atomic mass is 32.1. The van der Waals surface area contributed by atoms with Crippen molar-refractivity contribution in [3.8, 4) is 0 Å². The molecule has 1 aromatic rings. The van der Waals surface area contributed by atoms with Gasteiger partial charge in [-0.25, -0.2) is 4.98 Å². The summed E-state index contributed by atoms with van der Waals surface area (Å²) in [4.78, 5) is 8.64. The molecule has 0 bridgehead atoms. The average molecular weight is 297 g/mol. The second kappa shape index (κ2) is 8.08. The maximum Gasteiger partial charge on any atom is 0.107 e. The van der Waals surface area contributed by atoms with Crippen LogP contribution in [0, 0.1) is 5.92 Å². The number of nitrogens with one attached hydrogen (secondary N) is 1. The van der Waals surface area contributed by atoms with E-state index in [1.165, 1.54) is 35.8 Å². The van der Waals surface area contributed by atoms with Gasteiger partial charge in [0.25, 0.3) is 0 Å². The minimum atomic E-state index is 0.619. The lowest BCUT2D eigenvalue weighted by atomic mass is 9.99. The molecule has 1 aromatic heterocycles. The largest absolute Gasteiger partial charge is 0.378 e. The van der Waals surface area contributed by atoms with Gasteiger partial charge in [-0.15, -0.1) is 11.3 Å². The normalized spacial score (nSPS) is 17.8. The average Bonchev–Trinajstić information content (AvgIpc) is 2.81. The van der Waals surface area contributed by atoms with Crippen LogP contribution in [0.1, 0.15) is 42.3 Å². The SMILES string of the molecule is CCNCc1sc(CN2CCC(C)CC2)nc1COC. The lowest BCUT2D eigenvalue weighted by Crippen LogP contribution is -2.32. The van der Waals surface area contributed by atoms with Gasteiger partial charge in [-0.1, -0.05) is 13.8 Å². The number of aromatic nitrogens is 1. The Hall–Kier alpha value is -0.490. The van der Waals surface area contributed by atoms with E-state index in [-0.39, 0.29) is 0 Å². The summed E-state index contributed by atoms with van der Waals surface area (Å²) in [5.74, 6) is 0.885. The molecule has 1 saturated heterocycles. The summed E-state index contributed by atoms with van der Waals surface area (Å²) >= 11 is 1.84. The first-order chi connectivity index (χ1) is 9.72. The summed E-state index contributed by atoms with van der Waals surface area (Å²) in [6.45, 7) is 10.4. The summed E-state index contributed by atoms with van der Waals surface area (Å²) in [6, 6.07) is 0. The number of hydrogen-bond donors (Lipinski definition) is 1. The quantitative estimate of drug-likeness (QED) is 0.839. The van der Waals surface area contributed by atoms with E-state index in [1.54, 1.807) is 7.11 Å². The van der Waals surface area contributed by atoms with E-state index in [4.69, 9.17) is 9.72 Å². The number of thiazole rings is 1. The molecule has 4 nitrogen and oxygen atoms in total. The molecule has 0 saturated carbocycles. The minimum absolute atomic E-state index is 0.619. The summed E-state index contributed by atoms with van der Waals surface area (Å²) in [5.41, 5.74) is 1.11. The Morgan fingerprint density at radius 3 is 2.80 bits per heavy atom. The second-order valence-electron chi connectivity index (χ2n) is 5.65. The molecule has 1 N–H and O–H groups in total. The number of nitrogens with zero attached hydrogens (tertiary/aromatic N) is 2. The van der Waals surface area contributed by atoms with Crippen molar-refractivity contribution in [1.29, 1.82) is 0 Å². The van der Waals surface area contributed by atoms with Crippen molar-refractivity contribution in [2.24, 2.45) is 5.92 Å². The summed E-state index contributed by atoms with van der Waals surface area (Å²) in [6.07, 6.45) is 2.64. The molecule has 1 fully saturated rings. The molecule has 0 atom stereocenters. The Bertz CT molecular complexity index is 400. The van der Waals surface area contributed by atoms with E-state index in [0.717, 1.165) is 31.2 Å². The molecular formula is C15H27N3OS. The molecule has 2 heterocycles. The molecule has 114 valence electrons. The summed E-state index contributed by atoms with van der Waals surface area (Å²) < 4.78 is 5.27. The van der Waals surface area contributed by atoms with E-state index < -0.39 is 0 Å². The van der Waals surface area contributed by atoms with Gasteiger partial charge in [0.1, 0.15) is 5.01 Å². The van der Waals surface area contributed by atoms with Crippen molar-refractivity contribution < 1.29 is 4.74 Å². The van der Waals surface area contributed by atoms with Gasteiger partial charge < -0.3 is 10.1 Å². The molecule has 5 heteroatoms. The first-order valence-corrected chi connectivity index (χ1v) is 8.44. The van der Waals surface area contributed by atoms with E-state index in [0.29, 0.717) is 6.61 Å². The molecular weight excluding hydrogens is 270 g/mol. The van der Waals surface area contributed by atoms with E-state index in [1.807, 2.05) is 11.3 Å². The molecule has 0 aromatic carbocycles. The van der Waals surface area contributed by atoms with Crippen molar-refractivity contribution in [3.05, 3.63) is 15.6 Å².